The molecule has 0 spiro atoms. The average Bonchev–Trinajstić information content (AvgIpc) is 3.00. The summed E-state index contributed by atoms with van der Waals surface area (Å²) in [5.41, 5.74) is 0.645. The third-order valence-electron chi connectivity index (χ3n) is 5.21. The molecule has 164 valence electrons. The van der Waals surface area contributed by atoms with Gasteiger partial charge in [0.1, 0.15) is 16.5 Å². The Labute approximate surface area is 175 Å². The fourth-order valence-corrected chi connectivity index (χ4v) is 5.15. The quantitative estimate of drug-likeness (QED) is 0.639. The van der Waals surface area contributed by atoms with Crippen molar-refractivity contribution < 1.29 is 22.0 Å². The summed E-state index contributed by atoms with van der Waals surface area (Å²) in [5, 5.41) is 2.74. The number of piperazine rings is 1. The fourth-order valence-electron chi connectivity index (χ4n) is 3.68. The molecule has 9 nitrogen and oxygen atoms in total. The number of sulfonamides is 1. The summed E-state index contributed by atoms with van der Waals surface area (Å²) in [4.78, 5) is 30.5. The number of hydrogen-bond donors (Lipinski definition) is 1. The first kappa shape index (κ1) is 21.1. The second kappa shape index (κ2) is 7.54. The van der Waals surface area contributed by atoms with Gasteiger partial charge in [-0.2, -0.15) is 4.31 Å². The van der Waals surface area contributed by atoms with Crippen LogP contribution in [0.2, 0.25) is 0 Å². The van der Waals surface area contributed by atoms with Crippen molar-refractivity contribution >= 4 is 27.0 Å². The second-order valence-electron chi connectivity index (χ2n) is 7.28. The third kappa shape index (κ3) is 3.61. The molecule has 1 fully saturated rings. The summed E-state index contributed by atoms with van der Waals surface area (Å²) in [6.45, 7) is 1.67. The Morgan fingerprint density at radius 1 is 1.13 bits per heavy atom. The van der Waals surface area contributed by atoms with E-state index in [0.717, 1.165) is 16.4 Å². The number of aromatic amines is 1. The molecule has 0 unspecified atom stereocenters. The van der Waals surface area contributed by atoms with Crippen LogP contribution in [0.15, 0.2) is 34.0 Å². The number of fused-ring (bicyclic) bond motifs is 1. The zero-order valence-corrected chi connectivity index (χ0v) is 17.5. The van der Waals surface area contributed by atoms with Gasteiger partial charge in [0.05, 0.1) is 10.9 Å². The van der Waals surface area contributed by atoms with Crippen LogP contribution in [0.1, 0.15) is 16.1 Å². The van der Waals surface area contributed by atoms with E-state index in [4.69, 9.17) is 0 Å². The van der Waals surface area contributed by atoms with Gasteiger partial charge >= 0.3 is 0 Å². The number of amides is 1. The molecule has 3 heterocycles. The van der Waals surface area contributed by atoms with Gasteiger partial charge < -0.3 is 4.90 Å². The molecule has 1 aliphatic rings. The standard InChI is InChI=1S/C19H19F2N5O4S/c1-11-9-13(16-17(22-11)24(2)23-18(16)27)19(28)25-5-7-26(8-6-25)31(29,30)15-4-3-12(20)10-14(15)21/h3-4,9-10H,5-8H2,1-2H3,(H,23,27). The number of rotatable bonds is 3. The summed E-state index contributed by atoms with van der Waals surface area (Å²) in [6, 6.07) is 3.80. The molecule has 31 heavy (non-hydrogen) atoms. The van der Waals surface area contributed by atoms with Crippen LogP contribution >= 0.6 is 0 Å². The Kier molecular flexibility index (Phi) is 5.13. The molecule has 0 bridgehead atoms. The van der Waals surface area contributed by atoms with Gasteiger partial charge in [-0.25, -0.2) is 22.2 Å². The molecule has 1 aromatic carbocycles. The lowest BCUT2D eigenvalue weighted by Crippen LogP contribution is -2.50. The number of benzene rings is 1. The minimum Gasteiger partial charge on any atom is -0.336 e. The maximum atomic E-state index is 14.0. The summed E-state index contributed by atoms with van der Waals surface area (Å²) < 4.78 is 55.1. The highest BCUT2D eigenvalue weighted by atomic mass is 32.2. The molecule has 0 saturated carbocycles. The van der Waals surface area contributed by atoms with Crippen LogP contribution in [0, 0.1) is 18.6 Å². The lowest BCUT2D eigenvalue weighted by atomic mass is 10.1. The number of H-pyrrole nitrogens is 1. The van der Waals surface area contributed by atoms with Crippen LogP contribution < -0.4 is 5.56 Å². The van der Waals surface area contributed by atoms with Crippen molar-refractivity contribution in [2.24, 2.45) is 7.05 Å². The van der Waals surface area contributed by atoms with Gasteiger partial charge in [0, 0.05) is 45.0 Å². The number of nitrogens with one attached hydrogen (secondary N) is 1. The van der Waals surface area contributed by atoms with Crippen LogP contribution in [-0.2, 0) is 17.1 Å². The van der Waals surface area contributed by atoms with E-state index in [1.807, 2.05) is 0 Å². The molecular weight excluding hydrogens is 432 g/mol. The van der Waals surface area contributed by atoms with Crippen molar-refractivity contribution in [3.05, 3.63) is 57.5 Å². The molecule has 0 atom stereocenters. The maximum Gasteiger partial charge on any atom is 0.274 e. The molecule has 4 rings (SSSR count). The van der Waals surface area contributed by atoms with Crippen LogP contribution in [0.3, 0.4) is 0 Å². The Balaban J connectivity index is 1.58. The number of carbonyl (C=O) groups excluding carboxylic acids is 1. The smallest absolute Gasteiger partial charge is 0.274 e. The van der Waals surface area contributed by atoms with Gasteiger partial charge in [-0.3, -0.25) is 19.4 Å². The SMILES string of the molecule is Cc1cc(C(=O)N2CCN(S(=O)(=O)c3ccc(F)cc3F)CC2)c2c(=O)[nH]n(C)c2n1. The molecule has 1 aliphatic heterocycles. The number of pyridine rings is 1. The summed E-state index contributed by atoms with van der Waals surface area (Å²) in [7, 11) is -2.57. The van der Waals surface area contributed by atoms with E-state index in [2.05, 4.69) is 10.1 Å². The summed E-state index contributed by atoms with van der Waals surface area (Å²) in [6.07, 6.45) is 0. The Bertz CT molecular complexity index is 1360. The van der Waals surface area contributed by atoms with E-state index < -0.39 is 38.0 Å². The first-order valence-corrected chi connectivity index (χ1v) is 10.8. The Morgan fingerprint density at radius 2 is 1.81 bits per heavy atom. The molecule has 3 aromatic rings. The van der Waals surface area contributed by atoms with E-state index in [0.29, 0.717) is 17.4 Å². The Morgan fingerprint density at radius 3 is 2.45 bits per heavy atom. The predicted molar refractivity (Wildman–Crippen MR) is 107 cm³/mol. The third-order valence-corrected chi connectivity index (χ3v) is 7.14. The van der Waals surface area contributed by atoms with Gasteiger partial charge in [0.2, 0.25) is 10.0 Å². The van der Waals surface area contributed by atoms with E-state index in [9.17, 15) is 26.8 Å². The van der Waals surface area contributed by atoms with Crippen LogP contribution in [0.4, 0.5) is 8.78 Å². The minimum atomic E-state index is -4.18. The normalized spacial score (nSPS) is 15.5. The highest BCUT2D eigenvalue weighted by molar-refractivity contribution is 7.89. The van der Waals surface area contributed by atoms with Crippen molar-refractivity contribution in [1.29, 1.82) is 0 Å². The van der Waals surface area contributed by atoms with Gasteiger partial charge in [0.25, 0.3) is 11.5 Å². The van der Waals surface area contributed by atoms with Gasteiger partial charge in [-0.1, -0.05) is 0 Å². The fraction of sp³-hybridized carbons (Fsp3) is 0.316. The first-order valence-electron chi connectivity index (χ1n) is 9.40. The van der Waals surface area contributed by atoms with E-state index in [-0.39, 0.29) is 37.1 Å². The zero-order valence-electron chi connectivity index (χ0n) is 16.7. The number of halogens is 2. The van der Waals surface area contributed by atoms with Crippen molar-refractivity contribution in [2.45, 2.75) is 11.8 Å². The number of aryl methyl sites for hydroxylation is 2. The largest absolute Gasteiger partial charge is 0.336 e. The maximum absolute atomic E-state index is 14.0. The molecular formula is C19H19F2N5O4S. The molecule has 2 aromatic heterocycles. The monoisotopic (exact) mass is 451 g/mol. The van der Waals surface area contributed by atoms with Crippen LogP contribution in [0.5, 0.6) is 0 Å². The topological polar surface area (TPSA) is 108 Å². The second-order valence-corrected chi connectivity index (χ2v) is 9.19. The molecule has 1 N–H and O–H groups in total. The minimum absolute atomic E-state index is 0.0501. The van der Waals surface area contributed by atoms with Crippen molar-refractivity contribution in [3.63, 3.8) is 0 Å². The lowest BCUT2D eigenvalue weighted by molar-refractivity contribution is 0.0699. The average molecular weight is 451 g/mol. The first-order chi connectivity index (χ1) is 14.6. The van der Waals surface area contributed by atoms with Crippen molar-refractivity contribution in [1.82, 2.24) is 24.0 Å². The molecule has 0 radical (unpaired) electrons. The highest BCUT2D eigenvalue weighted by Gasteiger charge is 2.33. The van der Waals surface area contributed by atoms with E-state index >= 15 is 0 Å². The zero-order chi connectivity index (χ0) is 22.5. The van der Waals surface area contributed by atoms with Crippen LogP contribution in [-0.4, -0.2) is 64.5 Å². The summed E-state index contributed by atoms with van der Waals surface area (Å²) in [5.74, 6) is -2.46. The molecule has 12 heteroatoms. The number of carbonyl (C=O) groups is 1. The van der Waals surface area contributed by atoms with Gasteiger partial charge in [-0.05, 0) is 25.1 Å². The predicted octanol–water partition coefficient (Wildman–Crippen LogP) is 0.995. The highest BCUT2D eigenvalue weighted by Crippen LogP contribution is 2.23. The molecule has 1 saturated heterocycles. The van der Waals surface area contributed by atoms with Crippen LogP contribution in [0.25, 0.3) is 11.0 Å². The molecule has 0 aliphatic carbocycles. The van der Waals surface area contributed by atoms with Crippen molar-refractivity contribution in [3.8, 4) is 0 Å². The lowest BCUT2D eigenvalue weighted by Gasteiger charge is -2.34. The van der Waals surface area contributed by atoms with Crippen molar-refractivity contribution in [2.75, 3.05) is 26.2 Å². The number of aromatic nitrogens is 3. The van der Waals surface area contributed by atoms with E-state index in [1.165, 1.54) is 15.6 Å². The number of hydrogen-bond acceptors (Lipinski definition) is 5. The van der Waals surface area contributed by atoms with Gasteiger partial charge in [0.15, 0.2) is 5.65 Å². The number of nitrogens with zero attached hydrogens (tertiary/aromatic N) is 4. The van der Waals surface area contributed by atoms with Gasteiger partial charge in [-0.15, -0.1) is 0 Å². The molecule has 1 amide bonds. The van der Waals surface area contributed by atoms with E-state index in [1.54, 1.807) is 14.0 Å². The summed E-state index contributed by atoms with van der Waals surface area (Å²) >= 11 is 0. The Hall–Kier alpha value is -3.12.